The zero-order valence-electron chi connectivity index (χ0n) is 18.2. The third kappa shape index (κ3) is 4.73. The van der Waals surface area contributed by atoms with Crippen LogP contribution in [0, 0.1) is 11.3 Å². The summed E-state index contributed by atoms with van der Waals surface area (Å²) >= 11 is 1.04. The average molecular weight is 466 g/mol. The number of hydrogen-bond donors (Lipinski definition) is 1. The van der Waals surface area contributed by atoms with Crippen molar-refractivity contribution in [3.8, 4) is 6.07 Å². The number of ether oxygens (including phenoxy) is 1. The van der Waals surface area contributed by atoms with Crippen molar-refractivity contribution in [3.63, 3.8) is 0 Å². The van der Waals surface area contributed by atoms with Crippen molar-refractivity contribution < 1.29 is 14.3 Å². The second kappa shape index (κ2) is 9.83. The fourth-order valence-corrected chi connectivity index (χ4v) is 4.80. The summed E-state index contributed by atoms with van der Waals surface area (Å²) in [7, 11) is 1.24. The van der Waals surface area contributed by atoms with E-state index in [4.69, 9.17) is 4.98 Å². The van der Waals surface area contributed by atoms with Gasteiger partial charge in [-0.3, -0.25) is 19.0 Å². The molecule has 3 heterocycles. The third-order valence-electron chi connectivity index (χ3n) is 5.56. The molecule has 0 saturated carbocycles. The van der Waals surface area contributed by atoms with Crippen molar-refractivity contribution in [2.75, 3.05) is 31.6 Å². The van der Waals surface area contributed by atoms with E-state index in [2.05, 4.69) is 21.0 Å². The molecule has 0 spiro atoms. The van der Waals surface area contributed by atoms with E-state index in [0.29, 0.717) is 26.6 Å². The molecule has 170 valence electrons. The lowest BCUT2D eigenvalue weighted by Gasteiger charge is -2.29. The molecule has 1 fully saturated rings. The molecule has 0 bridgehead atoms. The number of nitrogens with one attached hydrogen (secondary N) is 1. The number of aromatic nitrogens is 2. The Labute approximate surface area is 194 Å². The van der Waals surface area contributed by atoms with Gasteiger partial charge in [0, 0.05) is 13.1 Å². The van der Waals surface area contributed by atoms with Gasteiger partial charge in [-0.1, -0.05) is 18.2 Å². The van der Waals surface area contributed by atoms with Crippen LogP contribution in [0.25, 0.3) is 10.2 Å². The van der Waals surface area contributed by atoms with Gasteiger partial charge >= 0.3 is 5.97 Å². The highest BCUT2D eigenvalue weighted by atomic mass is 32.1. The summed E-state index contributed by atoms with van der Waals surface area (Å²) in [4.78, 5) is 44.6. The quantitative estimate of drug-likeness (QED) is 0.555. The maximum Gasteiger partial charge on any atom is 0.325 e. The first-order valence-electron chi connectivity index (χ1n) is 10.6. The Morgan fingerprint density at radius 1 is 1.24 bits per heavy atom. The van der Waals surface area contributed by atoms with Gasteiger partial charge in [-0.05, 0) is 37.0 Å². The molecule has 1 aliphatic heterocycles. The number of piperidine rings is 1. The number of benzene rings is 1. The van der Waals surface area contributed by atoms with Crippen LogP contribution in [0.1, 0.15) is 40.1 Å². The number of anilines is 1. The molecular formula is C23H23N5O4S. The second-order valence-electron chi connectivity index (χ2n) is 7.70. The summed E-state index contributed by atoms with van der Waals surface area (Å²) in [5, 5.41) is 12.0. The van der Waals surface area contributed by atoms with Gasteiger partial charge in [0.1, 0.15) is 11.2 Å². The molecule has 1 amide bonds. The zero-order valence-corrected chi connectivity index (χ0v) is 19.0. The minimum absolute atomic E-state index is 0.207. The van der Waals surface area contributed by atoms with Gasteiger partial charge in [-0.2, -0.15) is 5.26 Å². The maximum absolute atomic E-state index is 13.6. The van der Waals surface area contributed by atoms with Crippen molar-refractivity contribution in [3.05, 3.63) is 56.7 Å². The highest BCUT2D eigenvalue weighted by Gasteiger charge is 2.22. The van der Waals surface area contributed by atoms with Gasteiger partial charge < -0.3 is 15.0 Å². The topological polar surface area (TPSA) is 117 Å². The first kappa shape index (κ1) is 22.5. The Morgan fingerprint density at radius 2 is 2.00 bits per heavy atom. The fraction of sp³-hybridized carbons (Fsp3) is 0.348. The zero-order chi connectivity index (χ0) is 23.4. The molecule has 1 N–H and O–H groups in total. The van der Waals surface area contributed by atoms with Crippen LogP contribution in [-0.4, -0.2) is 48.2 Å². The predicted octanol–water partition coefficient (Wildman–Crippen LogP) is 2.27. The summed E-state index contributed by atoms with van der Waals surface area (Å²) in [6.45, 7) is 1.52. The van der Waals surface area contributed by atoms with Crippen LogP contribution >= 0.6 is 11.3 Å². The first-order valence-corrected chi connectivity index (χ1v) is 11.5. The maximum atomic E-state index is 13.6. The molecule has 33 heavy (non-hydrogen) atoms. The van der Waals surface area contributed by atoms with Gasteiger partial charge in [-0.15, -0.1) is 11.3 Å². The molecule has 0 atom stereocenters. The van der Waals surface area contributed by atoms with Crippen molar-refractivity contribution >= 4 is 39.4 Å². The van der Waals surface area contributed by atoms with Crippen LogP contribution in [0.2, 0.25) is 0 Å². The van der Waals surface area contributed by atoms with Gasteiger partial charge in [0.25, 0.3) is 11.5 Å². The van der Waals surface area contributed by atoms with E-state index < -0.39 is 11.9 Å². The van der Waals surface area contributed by atoms with E-state index in [1.165, 1.54) is 7.11 Å². The Hall–Kier alpha value is -3.71. The van der Waals surface area contributed by atoms with Gasteiger partial charge in [0.15, 0.2) is 0 Å². The number of amides is 1. The van der Waals surface area contributed by atoms with Crippen LogP contribution in [-0.2, 0) is 16.1 Å². The fourth-order valence-electron chi connectivity index (χ4n) is 3.84. The summed E-state index contributed by atoms with van der Waals surface area (Å²) in [6, 6.07) is 10.9. The van der Waals surface area contributed by atoms with E-state index >= 15 is 0 Å². The lowest BCUT2D eigenvalue weighted by molar-refractivity contribution is -0.139. The number of esters is 1. The Bertz CT molecular complexity index is 1300. The molecule has 1 aliphatic rings. The molecule has 0 unspecified atom stereocenters. The van der Waals surface area contributed by atoms with Crippen molar-refractivity contribution in [2.45, 2.75) is 25.8 Å². The Morgan fingerprint density at radius 3 is 2.73 bits per heavy atom. The normalized spacial score (nSPS) is 13.5. The highest BCUT2D eigenvalue weighted by Crippen LogP contribution is 2.26. The van der Waals surface area contributed by atoms with Crippen molar-refractivity contribution in [1.82, 2.24) is 14.9 Å². The molecular weight excluding hydrogens is 442 g/mol. The van der Waals surface area contributed by atoms with E-state index in [0.717, 1.165) is 49.3 Å². The van der Waals surface area contributed by atoms with E-state index in [-0.39, 0.29) is 18.6 Å². The largest absolute Gasteiger partial charge is 0.468 e. The number of methoxy groups -OCH3 is 1. The second-order valence-corrected chi connectivity index (χ2v) is 8.76. The first-order chi connectivity index (χ1) is 16.0. The monoisotopic (exact) mass is 465 g/mol. The molecule has 0 aliphatic carbocycles. The number of rotatable bonds is 6. The molecule has 1 aromatic carbocycles. The highest BCUT2D eigenvalue weighted by molar-refractivity contribution is 7.20. The number of carbonyl (C=O) groups is 2. The number of hydrogen-bond acceptors (Lipinski definition) is 8. The standard InChI is InChI=1S/C23H23N5O4S/c1-32-19(29)13-25-21(30)18-11-17-20(33-18)22(31)28(14-16-8-4-3-7-15(16)12-24)23(26-17)27-9-5-2-6-10-27/h3-4,7-8,11H,2,5-6,9-10,13-14H2,1H3,(H,25,30). The number of fused-ring (bicyclic) bond motifs is 1. The Balaban J connectivity index is 1.78. The molecule has 9 nitrogen and oxygen atoms in total. The minimum atomic E-state index is -0.562. The molecule has 3 aromatic rings. The number of nitrogens with zero attached hydrogens (tertiary/aromatic N) is 4. The Kier molecular flexibility index (Phi) is 6.70. The molecule has 0 radical (unpaired) electrons. The number of thiophene rings is 1. The van der Waals surface area contributed by atoms with Crippen LogP contribution in [0.3, 0.4) is 0 Å². The van der Waals surface area contributed by atoms with Crippen LogP contribution in [0.4, 0.5) is 5.95 Å². The molecule has 1 saturated heterocycles. The summed E-state index contributed by atoms with van der Waals surface area (Å²) in [5.41, 5.74) is 1.42. The van der Waals surface area contributed by atoms with Gasteiger partial charge in [-0.25, -0.2) is 4.98 Å². The lowest BCUT2D eigenvalue weighted by Crippen LogP contribution is -2.36. The van der Waals surface area contributed by atoms with Crippen LogP contribution < -0.4 is 15.8 Å². The minimum Gasteiger partial charge on any atom is -0.468 e. The van der Waals surface area contributed by atoms with E-state index in [9.17, 15) is 19.6 Å². The number of carbonyl (C=O) groups excluding carboxylic acids is 2. The summed E-state index contributed by atoms with van der Waals surface area (Å²) in [5.74, 6) is -0.489. The van der Waals surface area contributed by atoms with Gasteiger partial charge in [0.05, 0.1) is 35.7 Å². The summed E-state index contributed by atoms with van der Waals surface area (Å²) in [6.07, 6.45) is 3.14. The lowest BCUT2D eigenvalue weighted by atomic mass is 10.1. The third-order valence-corrected chi connectivity index (χ3v) is 6.67. The smallest absolute Gasteiger partial charge is 0.325 e. The molecule has 4 rings (SSSR count). The van der Waals surface area contributed by atoms with Crippen molar-refractivity contribution in [1.29, 1.82) is 5.26 Å². The van der Waals surface area contributed by atoms with Crippen LogP contribution in [0.5, 0.6) is 0 Å². The SMILES string of the molecule is COC(=O)CNC(=O)c1cc2nc(N3CCCCC3)n(Cc3ccccc3C#N)c(=O)c2s1. The number of nitriles is 1. The van der Waals surface area contributed by atoms with E-state index in [1.54, 1.807) is 22.8 Å². The molecule has 10 heteroatoms. The van der Waals surface area contributed by atoms with E-state index in [1.807, 2.05) is 12.1 Å². The van der Waals surface area contributed by atoms with Crippen LogP contribution in [0.15, 0.2) is 35.1 Å². The van der Waals surface area contributed by atoms with Gasteiger partial charge in [0.2, 0.25) is 5.95 Å². The van der Waals surface area contributed by atoms with Crippen molar-refractivity contribution in [2.24, 2.45) is 0 Å². The molecule has 2 aromatic heterocycles. The summed E-state index contributed by atoms with van der Waals surface area (Å²) < 4.78 is 6.49. The average Bonchev–Trinajstić information content (AvgIpc) is 3.29. The predicted molar refractivity (Wildman–Crippen MR) is 125 cm³/mol.